The van der Waals surface area contributed by atoms with Crippen molar-refractivity contribution >= 4 is 11.7 Å². The van der Waals surface area contributed by atoms with Gasteiger partial charge in [-0.1, -0.05) is 24.3 Å². The first kappa shape index (κ1) is 18.6. The van der Waals surface area contributed by atoms with Gasteiger partial charge in [0, 0.05) is 26.2 Å². The average Bonchev–Trinajstić information content (AvgIpc) is 2.73. The lowest BCUT2D eigenvalue weighted by Gasteiger charge is -2.37. The van der Waals surface area contributed by atoms with Gasteiger partial charge in [0.15, 0.2) is 0 Å². The number of urea groups is 1. The first-order valence-electron chi connectivity index (χ1n) is 9.06. The molecule has 6 heteroatoms. The molecule has 0 aromatic heterocycles. The van der Waals surface area contributed by atoms with Crippen molar-refractivity contribution in [1.82, 2.24) is 10.2 Å². The number of nitrogens with one attached hydrogen (secondary N) is 1. The van der Waals surface area contributed by atoms with E-state index in [-0.39, 0.29) is 12.1 Å². The quantitative estimate of drug-likeness (QED) is 0.905. The largest absolute Gasteiger partial charge is 0.495 e. The van der Waals surface area contributed by atoms with Crippen LogP contribution in [0, 0.1) is 11.3 Å². The molecule has 0 spiro atoms. The molecule has 1 aliphatic rings. The van der Waals surface area contributed by atoms with E-state index in [1.807, 2.05) is 48.2 Å². The molecule has 6 nitrogen and oxygen atoms in total. The van der Waals surface area contributed by atoms with Crippen LogP contribution in [0.25, 0.3) is 0 Å². The van der Waals surface area contributed by atoms with Gasteiger partial charge >= 0.3 is 6.03 Å². The number of amides is 2. The lowest BCUT2D eigenvalue weighted by molar-refractivity contribution is 0.191. The Kier molecular flexibility index (Phi) is 5.82. The van der Waals surface area contributed by atoms with Crippen molar-refractivity contribution in [2.24, 2.45) is 0 Å². The summed E-state index contributed by atoms with van der Waals surface area (Å²) in [6.45, 7) is 4.79. The van der Waals surface area contributed by atoms with Gasteiger partial charge in [-0.15, -0.1) is 0 Å². The predicted molar refractivity (Wildman–Crippen MR) is 105 cm³/mol. The summed E-state index contributed by atoms with van der Waals surface area (Å²) in [5.74, 6) is 0.852. The van der Waals surface area contributed by atoms with Crippen molar-refractivity contribution in [2.75, 3.05) is 38.2 Å². The van der Waals surface area contributed by atoms with Gasteiger partial charge < -0.3 is 19.9 Å². The summed E-state index contributed by atoms with van der Waals surface area (Å²) >= 11 is 0. The Morgan fingerprint density at radius 2 is 1.78 bits per heavy atom. The maximum absolute atomic E-state index is 12.6. The summed E-state index contributed by atoms with van der Waals surface area (Å²) in [6.07, 6.45) is 0. The van der Waals surface area contributed by atoms with E-state index < -0.39 is 0 Å². The molecule has 1 N–H and O–H groups in total. The molecule has 3 rings (SSSR count). The number of methoxy groups -OCH3 is 1. The number of anilines is 1. The van der Waals surface area contributed by atoms with Crippen LogP contribution in [0.3, 0.4) is 0 Å². The van der Waals surface area contributed by atoms with Gasteiger partial charge in [0.05, 0.1) is 30.5 Å². The van der Waals surface area contributed by atoms with Crippen LogP contribution in [0.1, 0.15) is 24.1 Å². The first-order valence-corrected chi connectivity index (χ1v) is 9.06. The van der Waals surface area contributed by atoms with Crippen LogP contribution in [-0.2, 0) is 0 Å². The molecule has 27 heavy (non-hydrogen) atoms. The normalized spacial score (nSPS) is 15.0. The summed E-state index contributed by atoms with van der Waals surface area (Å²) < 4.78 is 5.44. The van der Waals surface area contributed by atoms with E-state index in [0.717, 1.165) is 30.1 Å². The van der Waals surface area contributed by atoms with E-state index in [1.165, 1.54) is 0 Å². The second kappa shape index (κ2) is 8.45. The second-order valence-corrected chi connectivity index (χ2v) is 6.55. The molecule has 140 valence electrons. The minimum atomic E-state index is -0.113. The number of piperazine rings is 1. The molecule has 0 aliphatic carbocycles. The van der Waals surface area contributed by atoms with Gasteiger partial charge in [-0.05, 0) is 36.8 Å². The molecule has 2 amide bonds. The number of hydrogen-bond acceptors (Lipinski definition) is 4. The Hall–Kier alpha value is -3.20. The smallest absolute Gasteiger partial charge is 0.317 e. The lowest BCUT2D eigenvalue weighted by atomic mass is 10.1. The standard InChI is InChI=1S/C21H24N4O2/c1-16(18-9-7-17(15-22)8-10-18)23-21(26)25-13-11-24(12-14-25)19-5-3-4-6-20(19)27-2/h3-10,16H,11-14H2,1-2H3,(H,23,26). The summed E-state index contributed by atoms with van der Waals surface area (Å²) in [5.41, 5.74) is 2.66. The molecule has 1 fully saturated rings. The number of benzene rings is 2. The lowest BCUT2D eigenvalue weighted by Crippen LogP contribution is -2.52. The molecule has 1 atom stereocenters. The van der Waals surface area contributed by atoms with Crippen molar-refractivity contribution in [2.45, 2.75) is 13.0 Å². The Bertz CT molecular complexity index is 821. The number of nitrogens with zero attached hydrogens (tertiary/aromatic N) is 3. The zero-order valence-corrected chi connectivity index (χ0v) is 15.7. The number of nitriles is 1. The number of carbonyl (C=O) groups is 1. The molecule has 1 saturated heterocycles. The molecule has 1 heterocycles. The van der Waals surface area contributed by atoms with E-state index in [4.69, 9.17) is 10.00 Å². The van der Waals surface area contributed by atoms with Crippen LogP contribution >= 0.6 is 0 Å². The van der Waals surface area contributed by atoms with Crippen molar-refractivity contribution in [1.29, 1.82) is 5.26 Å². The zero-order valence-electron chi connectivity index (χ0n) is 15.7. The maximum Gasteiger partial charge on any atom is 0.317 e. The highest BCUT2D eigenvalue weighted by molar-refractivity contribution is 5.75. The Balaban J connectivity index is 1.56. The minimum Gasteiger partial charge on any atom is -0.495 e. The van der Waals surface area contributed by atoms with Gasteiger partial charge in [0.25, 0.3) is 0 Å². The molecule has 1 unspecified atom stereocenters. The fraction of sp³-hybridized carbons (Fsp3) is 0.333. The van der Waals surface area contributed by atoms with Crippen LogP contribution in [0.4, 0.5) is 10.5 Å². The van der Waals surface area contributed by atoms with Gasteiger partial charge in [-0.2, -0.15) is 5.26 Å². The number of ether oxygens (including phenoxy) is 1. The predicted octanol–water partition coefficient (Wildman–Crippen LogP) is 3.16. The SMILES string of the molecule is COc1ccccc1N1CCN(C(=O)NC(C)c2ccc(C#N)cc2)CC1. The van der Waals surface area contributed by atoms with Crippen LogP contribution in [0.2, 0.25) is 0 Å². The van der Waals surface area contributed by atoms with Crippen molar-refractivity contribution in [3.05, 3.63) is 59.7 Å². The number of para-hydroxylation sites is 2. The third kappa shape index (κ3) is 4.32. The summed E-state index contributed by atoms with van der Waals surface area (Å²) in [6, 6.07) is 17.2. The summed E-state index contributed by atoms with van der Waals surface area (Å²) in [7, 11) is 1.67. The molecular weight excluding hydrogens is 340 g/mol. The summed E-state index contributed by atoms with van der Waals surface area (Å²) in [5, 5.41) is 11.9. The monoisotopic (exact) mass is 364 g/mol. The van der Waals surface area contributed by atoms with Crippen LogP contribution in [-0.4, -0.2) is 44.2 Å². The van der Waals surface area contributed by atoms with Crippen LogP contribution in [0.5, 0.6) is 5.75 Å². The van der Waals surface area contributed by atoms with E-state index >= 15 is 0 Å². The van der Waals surface area contributed by atoms with Crippen molar-refractivity contribution < 1.29 is 9.53 Å². The van der Waals surface area contributed by atoms with Crippen molar-refractivity contribution in [3.8, 4) is 11.8 Å². The third-order valence-electron chi connectivity index (χ3n) is 4.87. The highest BCUT2D eigenvalue weighted by Gasteiger charge is 2.23. The number of hydrogen-bond donors (Lipinski definition) is 1. The highest BCUT2D eigenvalue weighted by atomic mass is 16.5. The van der Waals surface area contributed by atoms with Crippen LogP contribution in [0.15, 0.2) is 48.5 Å². The molecule has 0 bridgehead atoms. The topological polar surface area (TPSA) is 68.6 Å². The van der Waals surface area contributed by atoms with E-state index in [1.54, 1.807) is 19.2 Å². The molecule has 2 aromatic carbocycles. The molecule has 0 saturated carbocycles. The fourth-order valence-corrected chi connectivity index (χ4v) is 3.25. The molecule has 1 aliphatic heterocycles. The molecule has 0 radical (unpaired) electrons. The van der Waals surface area contributed by atoms with E-state index in [0.29, 0.717) is 18.7 Å². The second-order valence-electron chi connectivity index (χ2n) is 6.55. The van der Waals surface area contributed by atoms with Crippen molar-refractivity contribution in [3.63, 3.8) is 0 Å². The number of rotatable bonds is 4. The van der Waals surface area contributed by atoms with Gasteiger partial charge in [0.2, 0.25) is 0 Å². The Morgan fingerprint density at radius 1 is 1.11 bits per heavy atom. The Morgan fingerprint density at radius 3 is 2.41 bits per heavy atom. The average molecular weight is 364 g/mol. The summed E-state index contributed by atoms with van der Waals surface area (Å²) in [4.78, 5) is 16.7. The first-order chi connectivity index (χ1) is 13.1. The Labute approximate surface area is 160 Å². The zero-order chi connectivity index (χ0) is 19.2. The van der Waals surface area contributed by atoms with Gasteiger partial charge in [0.1, 0.15) is 5.75 Å². The maximum atomic E-state index is 12.6. The van der Waals surface area contributed by atoms with E-state index in [2.05, 4.69) is 16.3 Å². The molecular formula is C21H24N4O2. The number of carbonyl (C=O) groups excluding carboxylic acids is 1. The third-order valence-corrected chi connectivity index (χ3v) is 4.87. The molecule has 2 aromatic rings. The fourth-order valence-electron chi connectivity index (χ4n) is 3.25. The van der Waals surface area contributed by atoms with Crippen LogP contribution < -0.4 is 15.0 Å². The van der Waals surface area contributed by atoms with E-state index in [9.17, 15) is 4.79 Å². The van der Waals surface area contributed by atoms with Gasteiger partial charge in [-0.25, -0.2) is 4.79 Å². The highest BCUT2D eigenvalue weighted by Crippen LogP contribution is 2.28. The minimum absolute atomic E-state index is 0.0634. The van der Waals surface area contributed by atoms with Gasteiger partial charge in [-0.3, -0.25) is 0 Å².